The summed E-state index contributed by atoms with van der Waals surface area (Å²) < 4.78 is 25.2. The highest BCUT2D eigenvalue weighted by atomic mass is 19.3. The van der Waals surface area contributed by atoms with Gasteiger partial charge in [-0.15, -0.1) is 0 Å². The van der Waals surface area contributed by atoms with Gasteiger partial charge in [-0.1, -0.05) is 6.07 Å². The topological polar surface area (TPSA) is 66.7 Å². The van der Waals surface area contributed by atoms with E-state index in [2.05, 4.69) is 20.3 Å². The molecular formula is C12H12F2N4O. The number of hydrogen-bond acceptors (Lipinski definition) is 4. The van der Waals surface area contributed by atoms with E-state index in [1.807, 2.05) is 0 Å². The number of amides is 1. The van der Waals surface area contributed by atoms with Crippen molar-refractivity contribution >= 4 is 17.8 Å². The molecule has 1 aliphatic rings. The number of aromatic nitrogens is 1. The van der Waals surface area contributed by atoms with E-state index in [1.54, 1.807) is 24.5 Å². The number of rotatable bonds is 4. The SMILES string of the molecule is CC(F)(F)CNC(=O)C1=NC(c2cccnc2)N=C1. The number of nitrogens with one attached hydrogen (secondary N) is 1. The molecule has 1 amide bonds. The lowest BCUT2D eigenvalue weighted by molar-refractivity contribution is -0.116. The molecule has 1 aromatic rings. The van der Waals surface area contributed by atoms with Crippen molar-refractivity contribution < 1.29 is 13.6 Å². The molecule has 19 heavy (non-hydrogen) atoms. The third kappa shape index (κ3) is 3.64. The number of hydrogen-bond donors (Lipinski definition) is 1. The van der Waals surface area contributed by atoms with Crippen LogP contribution in [0.4, 0.5) is 8.78 Å². The molecule has 1 N–H and O–H groups in total. The Morgan fingerprint density at radius 3 is 2.95 bits per heavy atom. The molecule has 0 bridgehead atoms. The molecule has 0 saturated carbocycles. The number of carbonyl (C=O) groups is 1. The molecule has 5 nitrogen and oxygen atoms in total. The first kappa shape index (κ1) is 13.3. The molecule has 1 unspecified atom stereocenters. The predicted octanol–water partition coefficient (Wildman–Crippen LogP) is 1.38. The first-order valence-electron chi connectivity index (χ1n) is 5.63. The number of halogens is 2. The molecule has 0 fully saturated rings. The summed E-state index contributed by atoms with van der Waals surface area (Å²) >= 11 is 0. The van der Waals surface area contributed by atoms with Gasteiger partial charge in [0.25, 0.3) is 11.8 Å². The maximum atomic E-state index is 12.6. The fourth-order valence-corrected chi connectivity index (χ4v) is 1.47. The number of nitrogens with zero attached hydrogens (tertiary/aromatic N) is 3. The summed E-state index contributed by atoms with van der Waals surface area (Å²) in [6, 6.07) is 3.51. The monoisotopic (exact) mass is 266 g/mol. The molecule has 2 rings (SSSR count). The standard InChI is InChI=1S/C12H12F2N4O/c1-12(13,14)7-17-11(19)9-6-16-10(18-9)8-3-2-4-15-5-8/h2-6,10H,7H2,1H3,(H,17,19). The summed E-state index contributed by atoms with van der Waals surface area (Å²) in [6.45, 7) is 0.00647. The molecule has 0 radical (unpaired) electrons. The van der Waals surface area contributed by atoms with Gasteiger partial charge in [0.2, 0.25) is 0 Å². The second-order valence-electron chi connectivity index (χ2n) is 4.21. The maximum absolute atomic E-state index is 12.6. The van der Waals surface area contributed by atoms with Crippen molar-refractivity contribution in [3.63, 3.8) is 0 Å². The lowest BCUT2D eigenvalue weighted by Crippen LogP contribution is -2.38. The fourth-order valence-electron chi connectivity index (χ4n) is 1.47. The number of pyridine rings is 1. The number of carbonyl (C=O) groups excluding carboxylic acids is 1. The van der Waals surface area contributed by atoms with Gasteiger partial charge in [0.15, 0.2) is 6.17 Å². The van der Waals surface area contributed by atoms with Gasteiger partial charge in [0.05, 0.1) is 12.8 Å². The lowest BCUT2D eigenvalue weighted by atomic mass is 10.2. The molecule has 0 aliphatic carbocycles. The van der Waals surface area contributed by atoms with Crippen molar-refractivity contribution in [3.8, 4) is 0 Å². The summed E-state index contributed by atoms with van der Waals surface area (Å²) in [5.41, 5.74) is 0.778. The normalized spacial score (nSPS) is 18.3. The second kappa shape index (κ2) is 5.21. The Kier molecular flexibility index (Phi) is 3.64. The number of aliphatic imine (C=N–C) groups is 2. The Bertz CT molecular complexity index is 522. The fraction of sp³-hybridized carbons (Fsp3) is 0.333. The minimum atomic E-state index is -2.95. The van der Waals surface area contributed by atoms with Crippen LogP contribution in [-0.4, -0.2) is 35.3 Å². The Labute approximate surface area is 108 Å². The first-order valence-corrected chi connectivity index (χ1v) is 5.63. The van der Waals surface area contributed by atoms with Gasteiger partial charge in [-0.2, -0.15) is 0 Å². The van der Waals surface area contributed by atoms with Crippen LogP contribution in [-0.2, 0) is 4.79 Å². The summed E-state index contributed by atoms with van der Waals surface area (Å²) in [5.74, 6) is -3.61. The summed E-state index contributed by atoms with van der Waals surface area (Å²) in [7, 11) is 0. The van der Waals surface area contributed by atoms with E-state index < -0.39 is 24.5 Å². The molecular weight excluding hydrogens is 254 g/mol. The van der Waals surface area contributed by atoms with Gasteiger partial charge in [-0.25, -0.2) is 13.8 Å². The Hall–Kier alpha value is -2.18. The van der Waals surface area contributed by atoms with E-state index in [1.165, 1.54) is 6.21 Å². The lowest BCUT2D eigenvalue weighted by Gasteiger charge is -2.10. The van der Waals surface area contributed by atoms with Gasteiger partial charge in [0, 0.05) is 24.9 Å². The van der Waals surface area contributed by atoms with Crippen molar-refractivity contribution in [1.29, 1.82) is 0 Å². The zero-order valence-electron chi connectivity index (χ0n) is 10.2. The highest BCUT2D eigenvalue weighted by molar-refractivity contribution is 6.61. The van der Waals surface area contributed by atoms with E-state index in [4.69, 9.17) is 0 Å². The molecule has 0 aromatic carbocycles. The van der Waals surface area contributed by atoms with E-state index in [0.717, 1.165) is 12.5 Å². The van der Waals surface area contributed by atoms with Crippen molar-refractivity contribution in [1.82, 2.24) is 10.3 Å². The largest absolute Gasteiger partial charge is 0.345 e. The van der Waals surface area contributed by atoms with Gasteiger partial charge >= 0.3 is 0 Å². The van der Waals surface area contributed by atoms with Crippen molar-refractivity contribution in [2.24, 2.45) is 9.98 Å². The minimum Gasteiger partial charge on any atom is -0.345 e. The Morgan fingerprint density at radius 2 is 2.32 bits per heavy atom. The average Bonchev–Trinajstić information content (AvgIpc) is 2.86. The van der Waals surface area contributed by atoms with E-state index >= 15 is 0 Å². The quantitative estimate of drug-likeness (QED) is 0.894. The summed E-state index contributed by atoms with van der Waals surface area (Å²) in [4.78, 5) is 23.6. The zero-order valence-corrected chi connectivity index (χ0v) is 10.2. The third-order valence-corrected chi connectivity index (χ3v) is 2.37. The van der Waals surface area contributed by atoms with E-state index in [9.17, 15) is 13.6 Å². The van der Waals surface area contributed by atoms with Crippen LogP contribution in [0, 0.1) is 0 Å². The first-order chi connectivity index (χ1) is 8.96. The molecule has 0 saturated heterocycles. The molecule has 2 heterocycles. The predicted molar refractivity (Wildman–Crippen MR) is 66.5 cm³/mol. The van der Waals surface area contributed by atoms with Gasteiger partial charge in [-0.05, 0) is 6.07 Å². The number of alkyl halides is 2. The van der Waals surface area contributed by atoms with Crippen LogP contribution in [0.5, 0.6) is 0 Å². The molecule has 1 aliphatic heterocycles. The Balaban J connectivity index is 2.00. The minimum absolute atomic E-state index is 0.0399. The van der Waals surface area contributed by atoms with Crippen LogP contribution >= 0.6 is 0 Å². The summed E-state index contributed by atoms with van der Waals surface area (Å²) in [6.07, 6.45) is 3.95. The van der Waals surface area contributed by atoms with Crippen LogP contribution in [0.1, 0.15) is 18.7 Å². The van der Waals surface area contributed by atoms with E-state index in [0.29, 0.717) is 0 Å². The van der Waals surface area contributed by atoms with Gasteiger partial charge < -0.3 is 5.32 Å². The van der Waals surface area contributed by atoms with E-state index in [-0.39, 0.29) is 5.71 Å². The summed E-state index contributed by atoms with van der Waals surface area (Å²) in [5, 5.41) is 2.11. The van der Waals surface area contributed by atoms with Gasteiger partial charge in [-0.3, -0.25) is 14.8 Å². The maximum Gasteiger partial charge on any atom is 0.271 e. The van der Waals surface area contributed by atoms with Crippen LogP contribution in [0.2, 0.25) is 0 Å². The average molecular weight is 266 g/mol. The molecule has 100 valence electrons. The second-order valence-corrected chi connectivity index (χ2v) is 4.21. The smallest absolute Gasteiger partial charge is 0.271 e. The zero-order chi connectivity index (χ0) is 13.9. The van der Waals surface area contributed by atoms with Crippen molar-refractivity contribution in [3.05, 3.63) is 30.1 Å². The van der Waals surface area contributed by atoms with Crippen LogP contribution < -0.4 is 5.32 Å². The molecule has 0 spiro atoms. The van der Waals surface area contributed by atoms with Crippen molar-refractivity contribution in [2.75, 3.05) is 6.54 Å². The molecule has 1 aromatic heterocycles. The van der Waals surface area contributed by atoms with Crippen molar-refractivity contribution in [2.45, 2.75) is 19.0 Å². The van der Waals surface area contributed by atoms with Gasteiger partial charge in [0.1, 0.15) is 5.71 Å². The Morgan fingerprint density at radius 1 is 1.53 bits per heavy atom. The molecule has 7 heteroatoms. The van der Waals surface area contributed by atoms with Crippen LogP contribution in [0.15, 0.2) is 34.5 Å². The van der Waals surface area contributed by atoms with Crippen LogP contribution in [0.25, 0.3) is 0 Å². The highest BCUT2D eigenvalue weighted by Gasteiger charge is 2.25. The van der Waals surface area contributed by atoms with Crippen LogP contribution in [0.3, 0.4) is 0 Å². The third-order valence-electron chi connectivity index (χ3n) is 2.37. The molecule has 1 atom stereocenters. The highest BCUT2D eigenvalue weighted by Crippen LogP contribution is 2.20.